The molecule has 1 aromatic rings. The Morgan fingerprint density at radius 2 is 2.00 bits per heavy atom. The standard InChI is InChI=1S/C20H30N2O2S2/c1-3-24-19(23)17-15-11-6-4-5-7-12-16(15)26-18(17)21-20(25)22-13-9-8-10-14(22)2/h14H,3-13H2,1-2H3,(H,21,25). The number of nitrogens with one attached hydrogen (secondary N) is 1. The summed E-state index contributed by atoms with van der Waals surface area (Å²) in [5.74, 6) is -0.206. The lowest BCUT2D eigenvalue weighted by molar-refractivity contribution is 0.0526. The Morgan fingerprint density at radius 1 is 1.23 bits per heavy atom. The number of thiophene rings is 1. The monoisotopic (exact) mass is 394 g/mol. The highest BCUT2D eigenvalue weighted by atomic mass is 32.1. The molecule has 0 bridgehead atoms. The molecule has 2 heterocycles. The van der Waals surface area contributed by atoms with E-state index in [1.54, 1.807) is 11.3 Å². The van der Waals surface area contributed by atoms with Gasteiger partial charge in [0.25, 0.3) is 0 Å². The Hall–Kier alpha value is -1.14. The van der Waals surface area contributed by atoms with E-state index < -0.39 is 0 Å². The predicted octanol–water partition coefficient (Wildman–Crippen LogP) is 5.16. The molecule has 0 radical (unpaired) electrons. The molecule has 0 amide bonds. The minimum atomic E-state index is -0.206. The first-order valence-corrected chi connectivity index (χ1v) is 11.2. The van der Waals surface area contributed by atoms with Crippen molar-refractivity contribution in [3.8, 4) is 0 Å². The summed E-state index contributed by atoms with van der Waals surface area (Å²) in [7, 11) is 0. The fourth-order valence-electron chi connectivity index (χ4n) is 4.00. The van der Waals surface area contributed by atoms with Crippen LogP contribution in [0.4, 0.5) is 5.00 Å². The maximum absolute atomic E-state index is 12.7. The molecule has 1 atom stereocenters. The number of thiocarbonyl (C=S) groups is 1. The number of hydrogen-bond donors (Lipinski definition) is 1. The number of ether oxygens (including phenoxy) is 1. The van der Waals surface area contributed by atoms with Crippen molar-refractivity contribution in [3.63, 3.8) is 0 Å². The summed E-state index contributed by atoms with van der Waals surface area (Å²) < 4.78 is 5.38. The molecule has 1 aliphatic carbocycles. The number of esters is 1. The molecule has 1 N–H and O–H groups in total. The quantitative estimate of drug-likeness (QED) is 0.567. The minimum absolute atomic E-state index is 0.206. The fourth-order valence-corrected chi connectivity index (χ4v) is 5.71. The van der Waals surface area contributed by atoms with Crippen LogP contribution in [0.1, 0.15) is 79.6 Å². The molecule has 4 nitrogen and oxygen atoms in total. The molecule has 144 valence electrons. The Morgan fingerprint density at radius 3 is 2.73 bits per heavy atom. The minimum Gasteiger partial charge on any atom is -0.462 e. The molecule has 2 aliphatic rings. The topological polar surface area (TPSA) is 41.6 Å². The van der Waals surface area contributed by atoms with E-state index in [9.17, 15) is 4.79 Å². The van der Waals surface area contributed by atoms with Crippen molar-refractivity contribution < 1.29 is 9.53 Å². The summed E-state index contributed by atoms with van der Waals surface area (Å²) >= 11 is 7.41. The first-order valence-electron chi connectivity index (χ1n) is 10.0. The van der Waals surface area contributed by atoms with Gasteiger partial charge in [-0.2, -0.15) is 0 Å². The Bertz CT molecular complexity index is 656. The number of likely N-dealkylation sites (tertiary alicyclic amines) is 1. The van der Waals surface area contributed by atoms with E-state index in [0.29, 0.717) is 12.6 Å². The van der Waals surface area contributed by atoms with Crippen LogP contribution in [0.3, 0.4) is 0 Å². The van der Waals surface area contributed by atoms with Crippen molar-refractivity contribution in [2.45, 2.75) is 77.7 Å². The van der Waals surface area contributed by atoms with Gasteiger partial charge >= 0.3 is 5.97 Å². The van der Waals surface area contributed by atoms with Gasteiger partial charge in [0.2, 0.25) is 0 Å². The van der Waals surface area contributed by atoms with E-state index in [4.69, 9.17) is 17.0 Å². The lowest BCUT2D eigenvalue weighted by Crippen LogP contribution is -2.44. The van der Waals surface area contributed by atoms with Gasteiger partial charge < -0.3 is 15.0 Å². The smallest absolute Gasteiger partial charge is 0.341 e. The number of carbonyl (C=O) groups excluding carboxylic acids is 1. The zero-order valence-corrected chi connectivity index (χ0v) is 17.6. The van der Waals surface area contributed by atoms with Gasteiger partial charge in [0.05, 0.1) is 12.2 Å². The van der Waals surface area contributed by atoms with E-state index in [1.165, 1.54) is 49.0 Å². The summed E-state index contributed by atoms with van der Waals surface area (Å²) in [5.41, 5.74) is 1.94. The van der Waals surface area contributed by atoms with Crippen LogP contribution in [0.2, 0.25) is 0 Å². The van der Waals surface area contributed by atoms with Crippen LogP contribution in [0.5, 0.6) is 0 Å². The fraction of sp³-hybridized carbons (Fsp3) is 0.700. The van der Waals surface area contributed by atoms with E-state index in [-0.39, 0.29) is 5.97 Å². The highest BCUT2D eigenvalue weighted by Gasteiger charge is 2.27. The number of fused-ring (bicyclic) bond motifs is 1. The summed E-state index contributed by atoms with van der Waals surface area (Å²) in [5, 5.41) is 5.06. The summed E-state index contributed by atoms with van der Waals surface area (Å²) in [4.78, 5) is 16.3. The number of carbonyl (C=O) groups is 1. The molecule has 6 heteroatoms. The SMILES string of the molecule is CCOC(=O)c1c(NC(=S)N2CCCCC2C)sc2c1CCCCCC2. The van der Waals surface area contributed by atoms with Gasteiger partial charge in [-0.15, -0.1) is 11.3 Å². The van der Waals surface area contributed by atoms with E-state index in [0.717, 1.165) is 41.5 Å². The molecular weight excluding hydrogens is 364 g/mol. The number of hydrogen-bond acceptors (Lipinski definition) is 4. The second kappa shape index (κ2) is 9.18. The zero-order valence-electron chi connectivity index (χ0n) is 15.9. The Kier molecular flexibility index (Phi) is 6.92. The van der Waals surface area contributed by atoms with Gasteiger partial charge in [0, 0.05) is 17.5 Å². The second-order valence-electron chi connectivity index (χ2n) is 7.31. The molecule has 0 aromatic carbocycles. The van der Waals surface area contributed by atoms with Crippen molar-refractivity contribution in [3.05, 3.63) is 16.0 Å². The van der Waals surface area contributed by atoms with Crippen LogP contribution in [0, 0.1) is 0 Å². The van der Waals surface area contributed by atoms with Gasteiger partial charge in [-0.25, -0.2) is 4.79 Å². The van der Waals surface area contributed by atoms with Gasteiger partial charge in [-0.3, -0.25) is 0 Å². The number of piperidine rings is 1. The maximum atomic E-state index is 12.7. The van der Waals surface area contributed by atoms with Crippen LogP contribution in [0.25, 0.3) is 0 Å². The second-order valence-corrected chi connectivity index (χ2v) is 8.80. The van der Waals surface area contributed by atoms with E-state index >= 15 is 0 Å². The van der Waals surface area contributed by atoms with Crippen molar-refractivity contribution >= 4 is 39.6 Å². The van der Waals surface area contributed by atoms with Crippen molar-refractivity contribution in [2.24, 2.45) is 0 Å². The number of anilines is 1. The van der Waals surface area contributed by atoms with Gasteiger partial charge in [0.1, 0.15) is 5.00 Å². The van der Waals surface area contributed by atoms with E-state index in [1.807, 2.05) is 6.92 Å². The largest absolute Gasteiger partial charge is 0.462 e. The third-order valence-electron chi connectivity index (χ3n) is 5.44. The summed E-state index contributed by atoms with van der Waals surface area (Å²) in [6.45, 7) is 5.48. The highest BCUT2D eigenvalue weighted by molar-refractivity contribution is 7.80. The van der Waals surface area contributed by atoms with Crippen LogP contribution >= 0.6 is 23.6 Å². The average Bonchev–Trinajstić information content (AvgIpc) is 2.92. The van der Waals surface area contributed by atoms with E-state index in [2.05, 4.69) is 17.1 Å². The number of aryl methyl sites for hydroxylation is 1. The third kappa shape index (κ3) is 4.39. The molecule has 0 spiro atoms. The highest BCUT2D eigenvalue weighted by Crippen LogP contribution is 2.38. The molecule has 0 saturated carbocycles. The summed E-state index contributed by atoms with van der Waals surface area (Å²) in [6, 6.07) is 0.454. The lowest BCUT2D eigenvalue weighted by Gasteiger charge is -2.35. The third-order valence-corrected chi connectivity index (χ3v) is 6.98. The predicted molar refractivity (Wildman–Crippen MR) is 112 cm³/mol. The molecule has 1 saturated heterocycles. The van der Waals surface area contributed by atoms with Crippen LogP contribution in [0.15, 0.2) is 0 Å². The molecule has 26 heavy (non-hydrogen) atoms. The van der Waals surface area contributed by atoms with Crippen molar-refractivity contribution in [1.82, 2.24) is 4.90 Å². The van der Waals surface area contributed by atoms with Crippen molar-refractivity contribution in [1.29, 1.82) is 0 Å². The zero-order chi connectivity index (χ0) is 18.5. The van der Waals surface area contributed by atoms with Crippen LogP contribution in [-0.2, 0) is 17.6 Å². The van der Waals surface area contributed by atoms with Gasteiger partial charge in [0.15, 0.2) is 5.11 Å². The average molecular weight is 395 g/mol. The molecule has 1 fully saturated rings. The molecule has 1 aromatic heterocycles. The van der Waals surface area contributed by atoms with Gasteiger partial charge in [-0.1, -0.05) is 12.8 Å². The Balaban J connectivity index is 1.88. The number of rotatable bonds is 3. The molecule has 3 rings (SSSR count). The normalized spacial score (nSPS) is 20.7. The Labute approximate surface area is 166 Å². The van der Waals surface area contributed by atoms with Gasteiger partial charge in [-0.05, 0) is 76.6 Å². The summed E-state index contributed by atoms with van der Waals surface area (Å²) in [6.07, 6.45) is 10.5. The van der Waals surface area contributed by atoms with Crippen LogP contribution in [-0.4, -0.2) is 35.2 Å². The number of nitrogens with zero attached hydrogens (tertiary/aromatic N) is 1. The maximum Gasteiger partial charge on any atom is 0.341 e. The lowest BCUT2D eigenvalue weighted by atomic mass is 9.96. The molecule has 1 aliphatic heterocycles. The molecule has 1 unspecified atom stereocenters. The first kappa shape index (κ1) is 19.6. The van der Waals surface area contributed by atoms with Crippen molar-refractivity contribution in [2.75, 3.05) is 18.5 Å². The first-order chi connectivity index (χ1) is 12.6. The molecular formula is C20H30N2O2S2. The van der Waals surface area contributed by atoms with Crippen LogP contribution < -0.4 is 5.32 Å².